The molecule has 3 heterocycles. The highest BCUT2D eigenvalue weighted by Crippen LogP contribution is 2.16. The molecule has 0 fully saturated rings. The number of anilines is 1. The zero-order valence-corrected chi connectivity index (χ0v) is 12.0. The van der Waals surface area contributed by atoms with Crippen LogP contribution in [0.3, 0.4) is 0 Å². The Bertz CT molecular complexity index is 753. The van der Waals surface area contributed by atoms with E-state index in [1.807, 2.05) is 26.0 Å². The highest BCUT2D eigenvalue weighted by molar-refractivity contribution is 5.50. The lowest BCUT2D eigenvalue weighted by Gasteiger charge is -2.14. The zero-order valence-electron chi connectivity index (χ0n) is 12.0. The van der Waals surface area contributed by atoms with Gasteiger partial charge < -0.3 is 10.4 Å². The van der Waals surface area contributed by atoms with E-state index in [1.54, 1.807) is 29.0 Å². The zero-order chi connectivity index (χ0) is 14.8. The Morgan fingerprint density at radius 3 is 2.71 bits per heavy atom. The maximum atomic E-state index is 10.2. The number of fused-ring (bicyclic) bond motifs is 1. The molecule has 21 heavy (non-hydrogen) atoms. The minimum atomic E-state index is -0.604. The molecule has 1 atom stereocenters. The van der Waals surface area contributed by atoms with Crippen LogP contribution < -0.4 is 5.32 Å². The fraction of sp³-hybridized carbons (Fsp3) is 0.267. The number of nitrogens with one attached hydrogen (secondary N) is 1. The molecule has 0 aliphatic heterocycles. The molecule has 3 rings (SSSR count). The van der Waals surface area contributed by atoms with Crippen molar-refractivity contribution in [2.75, 3.05) is 11.9 Å². The van der Waals surface area contributed by atoms with Gasteiger partial charge in [0.25, 0.3) is 0 Å². The fourth-order valence-corrected chi connectivity index (χ4v) is 2.25. The SMILES string of the molecule is Cc1cc(NC[C@@H](O)c2ccncc2)n2nc(C)cc2n1. The van der Waals surface area contributed by atoms with Gasteiger partial charge in [-0.3, -0.25) is 4.98 Å². The molecule has 0 amide bonds. The van der Waals surface area contributed by atoms with Crippen LogP contribution in [-0.4, -0.2) is 31.2 Å². The first kappa shape index (κ1) is 13.5. The van der Waals surface area contributed by atoms with Crippen LogP contribution in [0, 0.1) is 13.8 Å². The third kappa shape index (κ3) is 2.85. The van der Waals surface area contributed by atoms with Gasteiger partial charge in [-0.15, -0.1) is 0 Å². The molecule has 0 saturated heterocycles. The summed E-state index contributed by atoms with van der Waals surface area (Å²) < 4.78 is 1.75. The Morgan fingerprint density at radius 2 is 1.95 bits per heavy atom. The van der Waals surface area contributed by atoms with Gasteiger partial charge in [0.2, 0.25) is 0 Å². The van der Waals surface area contributed by atoms with E-state index in [2.05, 4.69) is 20.4 Å². The van der Waals surface area contributed by atoms with Gasteiger partial charge in [0, 0.05) is 36.8 Å². The number of pyridine rings is 1. The molecular formula is C15H17N5O. The standard InChI is InChI=1S/C15H17N5O/c1-10-7-14(20-15(18-10)8-11(2)19-20)17-9-13(21)12-3-5-16-6-4-12/h3-8,13,17,21H,9H2,1-2H3/t13-/m1/s1. The van der Waals surface area contributed by atoms with Gasteiger partial charge in [0.05, 0.1) is 11.8 Å². The highest BCUT2D eigenvalue weighted by Gasteiger charge is 2.10. The van der Waals surface area contributed by atoms with Crippen LogP contribution in [0.25, 0.3) is 5.65 Å². The minimum Gasteiger partial charge on any atom is -0.387 e. The Hall–Kier alpha value is -2.47. The van der Waals surface area contributed by atoms with E-state index < -0.39 is 6.10 Å². The van der Waals surface area contributed by atoms with Crippen molar-refractivity contribution in [3.63, 3.8) is 0 Å². The van der Waals surface area contributed by atoms with Crippen molar-refractivity contribution in [2.24, 2.45) is 0 Å². The molecule has 6 heteroatoms. The van der Waals surface area contributed by atoms with Crippen LogP contribution in [0.2, 0.25) is 0 Å². The van der Waals surface area contributed by atoms with Crippen LogP contribution in [0.4, 0.5) is 5.82 Å². The summed E-state index contributed by atoms with van der Waals surface area (Å²) in [7, 11) is 0. The summed E-state index contributed by atoms with van der Waals surface area (Å²) in [4.78, 5) is 8.38. The van der Waals surface area contributed by atoms with Crippen molar-refractivity contribution >= 4 is 11.5 Å². The van der Waals surface area contributed by atoms with Crippen molar-refractivity contribution in [1.29, 1.82) is 0 Å². The van der Waals surface area contributed by atoms with Crippen molar-refractivity contribution in [3.8, 4) is 0 Å². The van der Waals surface area contributed by atoms with Crippen molar-refractivity contribution < 1.29 is 5.11 Å². The third-order valence-corrected chi connectivity index (χ3v) is 3.24. The maximum Gasteiger partial charge on any atom is 0.157 e. The Balaban J connectivity index is 1.82. The molecule has 3 aromatic heterocycles. The molecule has 0 aliphatic carbocycles. The topological polar surface area (TPSA) is 75.3 Å². The summed E-state index contributed by atoms with van der Waals surface area (Å²) >= 11 is 0. The van der Waals surface area contributed by atoms with E-state index in [4.69, 9.17) is 0 Å². The summed E-state index contributed by atoms with van der Waals surface area (Å²) in [6.07, 6.45) is 2.74. The van der Waals surface area contributed by atoms with E-state index in [0.717, 1.165) is 28.4 Å². The van der Waals surface area contributed by atoms with Gasteiger partial charge in [-0.1, -0.05) is 0 Å². The number of aromatic nitrogens is 4. The quantitative estimate of drug-likeness (QED) is 0.764. The van der Waals surface area contributed by atoms with Crippen LogP contribution in [-0.2, 0) is 0 Å². The van der Waals surface area contributed by atoms with E-state index in [9.17, 15) is 5.11 Å². The second-order valence-electron chi connectivity index (χ2n) is 5.02. The number of aliphatic hydroxyl groups excluding tert-OH is 1. The van der Waals surface area contributed by atoms with Gasteiger partial charge in [-0.25, -0.2) is 4.98 Å². The minimum absolute atomic E-state index is 0.390. The molecular weight excluding hydrogens is 266 g/mol. The van der Waals surface area contributed by atoms with Gasteiger partial charge >= 0.3 is 0 Å². The first-order valence-electron chi connectivity index (χ1n) is 6.79. The Morgan fingerprint density at radius 1 is 1.19 bits per heavy atom. The number of nitrogens with zero attached hydrogens (tertiary/aromatic N) is 4. The number of aliphatic hydroxyl groups is 1. The molecule has 0 bridgehead atoms. The summed E-state index contributed by atoms with van der Waals surface area (Å²) in [6.45, 7) is 4.26. The number of hydrogen-bond acceptors (Lipinski definition) is 5. The van der Waals surface area contributed by atoms with Crippen LogP contribution in [0.1, 0.15) is 23.1 Å². The fourth-order valence-electron chi connectivity index (χ4n) is 2.25. The Labute approximate surface area is 122 Å². The summed E-state index contributed by atoms with van der Waals surface area (Å²) in [6, 6.07) is 7.45. The molecule has 0 aliphatic rings. The average Bonchev–Trinajstić information content (AvgIpc) is 2.85. The van der Waals surface area contributed by atoms with E-state index in [-0.39, 0.29) is 0 Å². The highest BCUT2D eigenvalue weighted by atomic mass is 16.3. The summed E-state index contributed by atoms with van der Waals surface area (Å²) in [5, 5.41) is 17.8. The second-order valence-corrected chi connectivity index (χ2v) is 5.02. The van der Waals surface area contributed by atoms with E-state index in [0.29, 0.717) is 6.54 Å². The summed E-state index contributed by atoms with van der Waals surface area (Å²) in [5.74, 6) is 0.818. The van der Waals surface area contributed by atoms with E-state index in [1.165, 1.54) is 0 Å². The third-order valence-electron chi connectivity index (χ3n) is 3.24. The number of hydrogen-bond donors (Lipinski definition) is 2. The lowest BCUT2D eigenvalue weighted by Crippen LogP contribution is -2.15. The molecule has 0 saturated carbocycles. The predicted octanol–water partition coefficient (Wildman–Crippen LogP) is 1.89. The number of rotatable bonds is 4. The van der Waals surface area contributed by atoms with Gasteiger partial charge in [-0.05, 0) is 31.5 Å². The normalized spacial score (nSPS) is 12.5. The van der Waals surface area contributed by atoms with Crippen LogP contribution >= 0.6 is 0 Å². The van der Waals surface area contributed by atoms with Crippen molar-refractivity contribution in [1.82, 2.24) is 19.6 Å². The largest absolute Gasteiger partial charge is 0.387 e. The lowest BCUT2D eigenvalue weighted by atomic mass is 10.1. The van der Waals surface area contributed by atoms with Crippen molar-refractivity contribution in [2.45, 2.75) is 20.0 Å². The molecule has 3 aromatic rings. The van der Waals surface area contributed by atoms with Crippen molar-refractivity contribution in [3.05, 3.63) is 53.6 Å². The molecule has 108 valence electrons. The molecule has 0 aromatic carbocycles. The van der Waals surface area contributed by atoms with E-state index >= 15 is 0 Å². The van der Waals surface area contributed by atoms with Gasteiger partial charge in [0.15, 0.2) is 5.65 Å². The molecule has 0 spiro atoms. The molecule has 6 nitrogen and oxygen atoms in total. The Kier molecular flexibility index (Phi) is 3.53. The molecule has 0 unspecified atom stereocenters. The number of aryl methyl sites for hydroxylation is 2. The van der Waals surface area contributed by atoms with Gasteiger partial charge in [0.1, 0.15) is 5.82 Å². The average molecular weight is 283 g/mol. The first-order valence-corrected chi connectivity index (χ1v) is 6.79. The van der Waals surface area contributed by atoms with Crippen LogP contribution in [0.15, 0.2) is 36.7 Å². The lowest BCUT2D eigenvalue weighted by molar-refractivity contribution is 0.191. The maximum absolute atomic E-state index is 10.2. The smallest absolute Gasteiger partial charge is 0.157 e. The predicted molar refractivity (Wildman–Crippen MR) is 80.1 cm³/mol. The van der Waals surface area contributed by atoms with Gasteiger partial charge in [-0.2, -0.15) is 9.61 Å². The summed E-state index contributed by atoms with van der Waals surface area (Å²) in [5.41, 5.74) is 3.44. The molecule has 0 radical (unpaired) electrons. The second kappa shape index (κ2) is 5.49. The first-order chi connectivity index (χ1) is 10.1. The molecule has 2 N–H and O–H groups in total. The van der Waals surface area contributed by atoms with Crippen LogP contribution in [0.5, 0.6) is 0 Å². The monoisotopic (exact) mass is 283 g/mol.